The Kier molecular flexibility index (Phi) is 4.56. The van der Waals surface area contributed by atoms with Crippen molar-refractivity contribution in [3.63, 3.8) is 0 Å². The minimum absolute atomic E-state index is 0.0112. The van der Waals surface area contributed by atoms with E-state index in [0.717, 1.165) is 9.91 Å². The molecule has 0 unspecified atom stereocenters. The number of rotatable bonds is 5. The zero-order valence-electron chi connectivity index (χ0n) is 8.88. The summed E-state index contributed by atoms with van der Waals surface area (Å²) in [5.41, 5.74) is 1.03. The van der Waals surface area contributed by atoms with Crippen LogP contribution in [0.2, 0.25) is 10.4 Å². The van der Waals surface area contributed by atoms with Crippen LogP contribution in [-0.4, -0.2) is 36.8 Å². The van der Waals surface area contributed by atoms with Gasteiger partial charge in [0.15, 0.2) is 0 Å². The Labute approximate surface area is 98.2 Å². The third-order valence-corrected chi connectivity index (χ3v) is 6.87. The molecule has 0 bridgehead atoms. The predicted molar refractivity (Wildman–Crippen MR) is 61.5 cm³/mol. The van der Waals surface area contributed by atoms with Crippen molar-refractivity contribution in [2.24, 2.45) is 0 Å². The molecule has 0 aliphatic rings. The van der Waals surface area contributed by atoms with Crippen LogP contribution in [0.5, 0.6) is 0 Å². The van der Waals surface area contributed by atoms with Crippen molar-refractivity contribution in [2.75, 3.05) is 0 Å². The minimum atomic E-state index is -2.01. The van der Waals surface area contributed by atoms with E-state index >= 15 is 0 Å². The van der Waals surface area contributed by atoms with Crippen LogP contribution in [0.25, 0.3) is 0 Å². The molecule has 0 saturated carbocycles. The topological polar surface area (TPSA) is 74.6 Å². The average molecular weight is 284 g/mol. The summed E-state index contributed by atoms with van der Waals surface area (Å²) in [7, 11) is 0. The van der Waals surface area contributed by atoms with E-state index in [4.69, 9.17) is 10.2 Å². The zero-order chi connectivity index (χ0) is 12.1. The second-order valence-corrected chi connectivity index (χ2v) is 8.16. The van der Waals surface area contributed by atoms with Crippen LogP contribution in [0.15, 0.2) is 24.3 Å². The molecule has 16 heavy (non-hydrogen) atoms. The molecule has 86 valence electrons. The summed E-state index contributed by atoms with van der Waals surface area (Å²) in [5, 5.41) is 17.5. The van der Waals surface area contributed by atoms with Gasteiger partial charge < -0.3 is 0 Å². The molecule has 0 radical (unpaired) electrons. The van der Waals surface area contributed by atoms with Crippen LogP contribution in [0.4, 0.5) is 0 Å². The summed E-state index contributed by atoms with van der Waals surface area (Å²) < 4.78 is 0.914. The van der Waals surface area contributed by atoms with E-state index in [2.05, 4.69) is 0 Å². The van der Waals surface area contributed by atoms with E-state index in [1.807, 2.05) is 31.2 Å². The quantitative estimate of drug-likeness (QED) is 0.787. The van der Waals surface area contributed by atoms with Gasteiger partial charge in [0.1, 0.15) is 0 Å². The fraction of sp³-hybridized carbons (Fsp3) is 0.273. The van der Waals surface area contributed by atoms with Gasteiger partial charge in [-0.2, -0.15) is 0 Å². The van der Waals surface area contributed by atoms with Gasteiger partial charge in [-0.3, -0.25) is 0 Å². The summed E-state index contributed by atoms with van der Waals surface area (Å²) in [4.78, 5) is 21.4. The van der Waals surface area contributed by atoms with E-state index in [-0.39, 0.29) is 10.4 Å². The van der Waals surface area contributed by atoms with Gasteiger partial charge >= 0.3 is 97.9 Å². The first-order valence-corrected chi connectivity index (χ1v) is 8.33. The summed E-state index contributed by atoms with van der Waals surface area (Å²) in [5.74, 6) is -1.83. The molecule has 0 amide bonds. The Morgan fingerprint density at radius 3 is 2.19 bits per heavy atom. The number of carboxylic acids is 2. The van der Waals surface area contributed by atoms with E-state index in [1.54, 1.807) is 0 Å². The first-order chi connectivity index (χ1) is 7.49. The Balaban J connectivity index is 2.90. The molecule has 1 rings (SSSR count). The molecule has 0 heterocycles. The van der Waals surface area contributed by atoms with Gasteiger partial charge in [0.05, 0.1) is 0 Å². The molecule has 0 aromatic heterocycles. The monoisotopic (exact) mass is 284 g/mol. The average Bonchev–Trinajstić information content (AvgIpc) is 2.15. The number of carbonyl (C=O) groups is 2. The molecule has 1 aromatic carbocycles. The maximum atomic E-state index is 10.7. The number of carboxylic acid groups (broad SMARTS) is 2. The second kappa shape index (κ2) is 5.71. The third-order valence-electron chi connectivity index (χ3n) is 2.02. The summed E-state index contributed by atoms with van der Waals surface area (Å²) in [6.07, 6.45) is 0. The molecular weight excluding hydrogens is 271 g/mol. The van der Waals surface area contributed by atoms with Crippen molar-refractivity contribution >= 4 is 30.9 Å². The maximum absolute atomic E-state index is 10.7. The molecule has 1 aromatic rings. The predicted octanol–water partition coefficient (Wildman–Crippen LogP) is 0.866. The Morgan fingerprint density at radius 1 is 1.19 bits per heavy atom. The van der Waals surface area contributed by atoms with E-state index in [9.17, 15) is 9.59 Å². The van der Waals surface area contributed by atoms with Crippen molar-refractivity contribution < 1.29 is 19.8 Å². The third kappa shape index (κ3) is 4.07. The van der Waals surface area contributed by atoms with E-state index in [0.29, 0.717) is 0 Å². The van der Waals surface area contributed by atoms with Crippen molar-refractivity contribution in [1.29, 1.82) is 0 Å². The van der Waals surface area contributed by atoms with Gasteiger partial charge in [-0.05, 0) is 0 Å². The molecule has 0 spiro atoms. The standard InChI is InChI=1S/C11H13AsO4/c1-8-3-2-4-9(5-8)12(6-10(13)14)7-11(15)16/h2-5H,6-7H2,1H3,(H,13,14)(H,15,16). The van der Waals surface area contributed by atoms with Crippen LogP contribution in [0, 0.1) is 6.92 Å². The van der Waals surface area contributed by atoms with Gasteiger partial charge in [0.2, 0.25) is 0 Å². The van der Waals surface area contributed by atoms with Crippen LogP contribution < -0.4 is 4.35 Å². The fourth-order valence-corrected chi connectivity index (χ4v) is 5.19. The molecule has 0 atom stereocenters. The van der Waals surface area contributed by atoms with Crippen molar-refractivity contribution in [2.45, 2.75) is 17.3 Å². The molecule has 0 aliphatic heterocycles. The second-order valence-electron chi connectivity index (χ2n) is 3.48. The van der Waals surface area contributed by atoms with Crippen molar-refractivity contribution in [1.82, 2.24) is 0 Å². The summed E-state index contributed by atoms with van der Waals surface area (Å²) in [6.45, 7) is 1.91. The van der Waals surface area contributed by atoms with E-state index < -0.39 is 26.6 Å². The number of hydrogen-bond donors (Lipinski definition) is 2. The van der Waals surface area contributed by atoms with Gasteiger partial charge in [0, 0.05) is 0 Å². The van der Waals surface area contributed by atoms with Crippen LogP contribution in [0.3, 0.4) is 0 Å². The first-order valence-electron chi connectivity index (χ1n) is 4.74. The van der Waals surface area contributed by atoms with Gasteiger partial charge in [-0.15, -0.1) is 0 Å². The molecule has 0 fully saturated rings. The first kappa shape index (κ1) is 12.8. The van der Waals surface area contributed by atoms with Crippen molar-refractivity contribution in [3.05, 3.63) is 29.8 Å². The number of hydrogen-bond acceptors (Lipinski definition) is 2. The summed E-state index contributed by atoms with van der Waals surface area (Å²) >= 11 is -2.01. The fourth-order valence-electron chi connectivity index (χ4n) is 1.39. The van der Waals surface area contributed by atoms with Crippen molar-refractivity contribution in [3.8, 4) is 0 Å². The summed E-state index contributed by atoms with van der Waals surface area (Å²) in [6, 6.07) is 7.48. The SMILES string of the molecule is Cc1cccc([As](CC(=O)O)CC(=O)O)c1. The number of aryl methyl sites for hydroxylation is 1. The molecule has 5 heteroatoms. The Bertz CT molecular complexity index is 387. The number of benzene rings is 1. The zero-order valence-corrected chi connectivity index (χ0v) is 10.8. The Hall–Kier alpha value is -1.28. The molecular formula is C11H13AsO4. The van der Waals surface area contributed by atoms with Gasteiger partial charge in [-0.1, -0.05) is 0 Å². The molecule has 4 nitrogen and oxygen atoms in total. The van der Waals surface area contributed by atoms with Crippen LogP contribution in [-0.2, 0) is 9.59 Å². The van der Waals surface area contributed by atoms with E-state index in [1.165, 1.54) is 0 Å². The van der Waals surface area contributed by atoms with Gasteiger partial charge in [0.25, 0.3) is 0 Å². The number of aliphatic carboxylic acids is 2. The van der Waals surface area contributed by atoms with Crippen LogP contribution in [0.1, 0.15) is 5.56 Å². The molecule has 0 aliphatic carbocycles. The molecule has 2 N–H and O–H groups in total. The normalized spacial score (nSPS) is 10.4. The molecule has 0 saturated heterocycles. The van der Waals surface area contributed by atoms with Crippen LogP contribution >= 0.6 is 0 Å². The van der Waals surface area contributed by atoms with Gasteiger partial charge in [-0.25, -0.2) is 0 Å². The Morgan fingerprint density at radius 2 is 1.75 bits per heavy atom.